The van der Waals surface area contributed by atoms with Gasteiger partial charge in [-0.25, -0.2) is 0 Å². The molecule has 0 saturated heterocycles. The van der Waals surface area contributed by atoms with Gasteiger partial charge in [0.15, 0.2) is 0 Å². The van der Waals surface area contributed by atoms with Crippen molar-refractivity contribution in [1.82, 2.24) is 14.5 Å². The first-order valence-corrected chi connectivity index (χ1v) is 23.6. The standard InChI is InChI=1S/C59H46N4S/c1-37-14-12-23-49-47-30-27-41(34-54(47)62(58(37)49)44-19-6-3-7-20-44)39-17-13-18-40(32-39)42-26-29-46-45-21-8-10-24-53(45)63(55(46)35-42)59-60-51(38-15-4-2-5-16-38)36-52(61-59)43-28-31-57-50(33-43)48-22-9-11-25-56(48)64-57/h2-12,15-17,19-37,51,59-61H,13-14,18H2,1H3/p+1. The Labute approximate surface area is 376 Å². The molecule has 0 spiro atoms. The molecule has 3 N–H and O–H groups in total. The first-order chi connectivity index (χ1) is 31.6. The molecule has 3 unspecified atom stereocenters. The Hall–Kier alpha value is -7.18. The molecular formula is C59H47N4S+. The average Bonchev–Trinajstić information content (AvgIpc) is 4.02. The number of para-hydroxylation sites is 2. The summed E-state index contributed by atoms with van der Waals surface area (Å²) in [5.41, 5.74) is 16.6. The third-order valence-electron chi connectivity index (χ3n) is 14.0. The number of nitrogens with two attached hydrogens (primary N) is 1. The van der Waals surface area contributed by atoms with E-state index in [-0.39, 0.29) is 12.3 Å². The monoisotopic (exact) mass is 843 g/mol. The van der Waals surface area contributed by atoms with Crippen LogP contribution in [0.4, 0.5) is 0 Å². The molecule has 0 radical (unpaired) electrons. The van der Waals surface area contributed by atoms with E-state index in [1.54, 1.807) is 0 Å². The van der Waals surface area contributed by atoms with Crippen LogP contribution in [-0.4, -0.2) is 9.13 Å². The normalized spacial score (nSPS) is 18.6. The second kappa shape index (κ2) is 15.0. The van der Waals surface area contributed by atoms with Gasteiger partial charge in [-0.05, 0) is 95.6 Å². The van der Waals surface area contributed by atoms with Crippen molar-refractivity contribution in [2.45, 2.75) is 44.4 Å². The van der Waals surface area contributed by atoms with Crippen molar-refractivity contribution in [3.05, 3.63) is 222 Å². The van der Waals surface area contributed by atoms with E-state index in [4.69, 9.17) is 0 Å². The summed E-state index contributed by atoms with van der Waals surface area (Å²) in [5, 5.41) is 13.1. The van der Waals surface area contributed by atoms with Crippen LogP contribution in [0, 0.1) is 0 Å². The summed E-state index contributed by atoms with van der Waals surface area (Å²) in [7, 11) is 0. The van der Waals surface area contributed by atoms with Crippen LogP contribution in [-0.2, 0) is 0 Å². The number of allylic oxidation sites excluding steroid dienone is 5. The Morgan fingerprint density at radius 2 is 1.34 bits per heavy atom. The van der Waals surface area contributed by atoms with Gasteiger partial charge in [0.25, 0.3) is 0 Å². The van der Waals surface area contributed by atoms with Crippen molar-refractivity contribution in [3.8, 4) is 5.69 Å². The van der Waals surface area contributed by atoms with Gasteiger partial charge in [-0.3, -0.25) is 9.88 Å². The molecule has 4 nitrogen and oxygen atoms in total. The summed E-state index contributed by atoms with van der Waals surface area (Å²) in [6.45, 7) is 2.36. The summed E-state index contributed by atoms with van der Waals surface area (Å²) in [4.78, 5) is 0. The van der Waals surface area contributed by atoms with Crippen LogP contribution in [0.3, 0.4) is 0 Å². The van der Waals surface area contributed by atoms with E-state index in [0.717, 1.165) is 25.0 Å². The van der Waals surface area contributed by atoms with Crippen LogP contribution in [0.15, 0.2) is 188 Å². The molecule has 0 bridgehead atoms. The second-order valence-corrected chi connectivity index (χ2v) is 18.9. The molecule has 4 heterocycles. The quantitative estimate of drug-likeness (QED) is 0.172. The zero-order valence-electron chi connectivity index (χ0n) is 35.7. The summed E-state index contributed by atoms with van der Waals surface area (Å²) < 4.78 is 7.72. The molecule has 0 saturated carbocycles. The Morgan fingerprint density at radius 1 is 0.625 bits per heavy atom. The van der Waals surface area contributed by atoms with E-state index in [2.05, 4.69) is 221 Å². The lowest BCUT2D eigenvalue weighted by Crippen LogP contribution is -2.91. The minimum Gasteiger partial charge on any atom is -0.317 e. The highest BCUT2D eigenvalue weighted by molar-refractivity contribution is 7.25. The number of quaternary nitrogens is 1. The van der Waals surface area contributed by atoms with Gasteiger partial charge < -0.3 is 9.88 Å². The Bertz CT molecular complexity index is 3610. The summed E-state index contributed by atoms with van der Waals surface area (Å²) in [6, 6.07) is 61.0. The zero-order chi connectivity index (χ0) is 42.3. The Kier molecular flexibility index (Phi) is 8.75. The number of benzene rings is 7. The maximum absolute atomic E-state index is 4.08. The van der Waals surface area contributed by atoms with Crippen molar-refractivity contribution in [3.63, 3.8) is 0 Å². The van der Waals surface area contributed by atoms with Crippen LogP contribution < -0.4 is 10.6 Å². The maximum Gasteiger partial charge on any atom is 0.245 e. The van der Waals surface area contributed by atoms with Crippen LogP contribution in [0.5, 0.6) is 0 Å². The third kappa shape index (κ3) is 6.06. The molecule has 3 aromatic heterocycles. The fraction of sp³-hybridized carbons (Fsp3) is 0.119. The molecular weight excluding hydrogens is 797 g/mol. The Morgan fingerprint density at radius 3 is 2.23 bits per heavy atom. The predicted octanol–water partition coefficient (Wildman–Crippen LogP) is 14.3. The van der Waals surface area contributed by atoms with Crippen molar-refractivity contribution < 1.29 is 5.32 Å². The number of hydrogen-bond acceptors (Lipinski definition) is 2. The lowest BCUT2D eigenvalue weighted by Gasteiger charge is -2.31. The van der Waals surface area contributed by atoms with Gasteiger partial charge in [0.2, 0.25) is 6.29 Å². The van der Waals surface area contributed by atoms with Crippen LogP contribution in [0.2, 0.25) is 0 Å². The number of thiophene rings is 1. The average molecular weight is 844 g/mol. The van der Waals surface area contributed by atoms with Crippen LogP contribution >= 0.6 is 11.3 Å². The number of nitrogens with zero attached hydrogens (tertiary/aromatic N) is 2. The predicted molar refractivity (Wildman–Crippen MR) is 271 cm³/mol. The van der Waals surface area contributed by atoms with Gasteiger partial charge in [0.1, 0.15) is 6.04 Å². The van der Waals surface area contributed by atoms with E-state index in [0.29, 0.717) is 5.92 Å². The fourth-order valence-corrected chi connectivity index (χ4v) is 12.0. The van der Waals surface area contributed by atoms with Gasteiger partial charge in [-0.15, -0.1) is 11.3 Å². The molecule has 7 aromatic carbocycles. The highest BCUT2D eigenvalue weighted by Gasteiger charge is 2.31. The second-order valence-electron chi connectivity index (χ2n) is 17.8. The van der Waals surface area contributed by atoms with Gasteiger partial charge in [-0.1, -0.05) is 146 Å². The SMILES string of the molecule is CC1CC=Cc2c1n(-c1ccccc1)c1cc(C3=CCCC(c4ccc5c6ccccc6n(C6NC(c7ccc8sc9ccccc9c8c7)=CC(c7ccccc7)[NH2+]6)c5c4)=C3)ccc21. The number of fused-ring (bicyclic) bond motifs is 9. The Balaban J connectivity index is 0.914. The molecule has 308 valence electrons. The molecule has 64 heavy (non-hydrogen) atoms. The number of rotatable bonds is 6. The van der Waals surface area contributed by atoms with Crippen molar-refractivity contribution in [2.24, 2.45) is 0 Å². The topological polar surface area (TPSA) is 38.5 Å². The van der Waals surface area contributed by atoms with Gasteiger partial charge in [-0.2, -0.15) is 0 Å². The number of hydrogen-bond donors (Lipinski definition) is 2. The largest absolute Gasteiger partial charge is 0.317 e. The highest BCUT2D eigenvalue weighted by atomic mass is 32.1. The van der Waals surface area contributed by atoms with E-state index in [9.17, 15) is 0 Å². The van der Waals surface area contributed by atoms with Crippen molar-refractivity contribution >= 4 is 87.1 Å². The highest BCUT2D eigenvalue weighted by Crippen LogP contribution is 2.42. The smallest absolute Gasteiger partial charge is 0.245 e. The van der Waals surface area contributed by atoms with E-state index in [1.807, 2.05) is 11.3 Å². The van der Waals surface area contributed by atoms with Gasteiger partial charge in [0, 0.05) is 76.5 Å². The van der Waals surface area contributed by atoms with Crippen molar-refractivity contribution in [2.75, 3.05) is 0 Å². The summed E-state index contributed by atoms with van der Waals surface area (Å²) >= 11 is 1.87. The molecule has 3 atom stereocenters. The van der Waals surface area contributed by atoms with Crippen LogP contribution in [0.1, 0.15) is 77.9 Å². The first-order valence-electron chi connectivity index (χ1n) is 22.8. The molecule has 0 fully saturated rings. The van der Waals surface area contributed by atoms with Crippen LogP contribution in [0.25, 0.3) is 81.5 Å². The summed E-state index contributed by atoms with van der Waals surface area (Å²) in [6.07, 6.45) is 15.0. The minimum absolute atomic E-state index is 0.0930. The minimum atomic E-state index is -0.0930. The van der Waals surface area contributed by atoms with E-state index in [1.165, 1.54) is 103 Å². The molecule has 3 aliphatic rings. The number of nitrogens with one attached hydrogen (secondary N) is 1. The van der Waals surface area contributed by atoms with Gasteiger partial charge >= 0.3 is 0 Å². The summed E-state index contributed by atoms with van der Waals surface area (Å²) in [5.74, 6) is 0.450. The zero-order valence-corrected chi connectivity index (χ0v) is 36.5. The maximum atomic E-state index is 4.08. The molecule has 2 aliphatic carbocycles. The lowest BCUT2D eigenvalue weighted by atomic mass is 9.89. The fourth-order valence-electron chi connectivity index (χ4n) is 11.0. The number of aromatic nitrogens is 2. The van der Waals surface area contributed by atoms with Crippen molar-refractivity contribution in [1.29, 1.82) is 0 Å². The molecule has 5 heteroatoms. The van der Waals surface area contributed by atoms with E-state index < -0.39 is 0 Å². The molecule has 1 aliphatic heterocycles. The molecule has 0 amide bonds. The molecule has 10 aromatic rings. The lowest BCUT2D eigenvalue weighted by molar-refractivity contribution is -0.744. The van der Waals surface area contributed by atoms with E-state index >= 15 is 0 Å². The van der Waals surface area contributed by atoms with Gasteiger partial charge in [0.05, 0.1) is 16.6 Å². The molecule has 13 rings (SSSR count). The first kappa shape index (κ1) is 37.4. The third-order valence-corrected chi connectivity index (χ3v) is 15.2.